The van der Waals surface area contributed by atoms with Gasteiger partial charge in [-0.05, 0) is 13.0 Å². The first-order valence-electron chi connectivity index (χ1n) is 9.62. The molecule has 1 unspecified atom stereocenters. The number of carbonyl (C=O) groups is 2. The van der Waals surface area contributed by atoms with Crippen molar-refractivity contribution < 1.29 is 33.5 Å². The number of ether oxygens (including phenoxy) is 4. The van der Waals surface area contributed by atoms with Crippen molar-refractivity contribution in [3.8, 4) is 17.2 Å². The number of nitro groups is 1. The normalized spacial score (nSPS) is 14.6. The number of benzene rings is 2. The average Bonchev–Trinajstić information content (AvgIpc) is 2.77. The number of methoxy groups -OCH3 is 1. The second-order valence-electron chi connectivity index (χ2n) is 6.58. The minimum Gasteiger partial charge on any atom is -0.493 e. The molecule has 1 aliphatic rings. The number of nitro benzene ring substituents is 1. The molecule has 0 fully saturated rings. The lowest BCUT2D eigenvalue weighted by molar-refractivity contribution is -0.385. The van der Waals surface area contributed by atoms with Crippen LogP contribution in [0.2, 0.25) is 0 Å². The van der Waals surface area contributed by atoms with Crippen LogP contribution in [0, 0.1) is 10.1 Å². The average molecular weight is 430 g/mol. The summed E-state index contributed by atoms with van der Waals surface area (Å²) in [6.45, 7) is 1.82. The Balaban J connectivity index is 1.69. The first-order chi connectivity index (χ1) is 14.9. The molecule has 10 nitrogen and oxygen atoms in total. The van der Waals surface area contributed by atoms with Crippen molar-refractivity contribution in [2.45, 2.75) is 19.4 Å². The van der Waals surface area contributed by atoms with Crippen LogP contribution >= 0.6 is 0 Å². The number of fused-ring (bicyclic) bond motifs is 1. The maximum absolute atomic E-state index is 12.5. The number of nitrogens with zero attached hydrogens (tertiary/aromatic N) is 1. The van der Waals surface area contributed by atoms with E-state index in [-0.39, 0.29) is 29.7 Å². The van der Waals surface area contributed by atoms with Gasteiger partial charge < -0.3 is 24.3 Å². The minimum atomic E-state index is -1.02. The molecule has 10 heteroatoms. The topological polar surface area (TPSA) is 126 Å². The molecular weight excluding hydrogens is 408 g/mol. The molecule has 0 aliphatic carbocycles. The van der Waals surface area contributed by atoms with Crippen LogP contribution in [-0.2, 0) is 9.53 Å². The van der Waals surface area contributed by atoms with Crippen molar-refractivity contribution in [3.63, 3.8) is 0 Å². The number of hydrogen-bond acceptors (Lipinski definition) is 8. The zero-order valence-electron chi connectivity index (χ0n) is 17.1. The Morgan fingerprint density at radius 3 is 2.74 bits per heavy atom. The van der Waals surface area contributed by atoms with Crippen molar-refractivity contribution in [1.82, 2.24) is 5.32 Å². The summed E-state index contributed by atoms with van der Waals surface area (Å²) in [5.74, 6) is -0.592. The van der Waals surface area contributed by atoms with E-state index >= 15 is 0 Å². The molecule has 1 atom stereocenters. The van der Waals surface area contributed by atoms with Crippen LogP contribution in [0.3, 0.4) is 0 Å². The zero-order chi connectivity index (χ0) is 22.4. The van der Waals surface area contributed by atoms with E-state index in [0.29, 0.717) is 18.8 Å². The summed E-state index contributed by atoms with van der Waals surface area (Å²) in [6.07, 6.45) is 0.568. The number of esters is 1. The molecule has 0 radical (unpaired) electrons. The van der Waals surface area contributed by atoms with Gasteiger partial charge in [-0.15, -0.1) is 0 Å². The number of para-hydroxylation sites is 1. The molecule has 0 saturated carbocycles. The highest BCUT2D eigenvalue weighted by molar-refractivity contribution is 5.96. The van der Waals surface area contributed by atoms with Gasteiger partial charge in [0.25, 0.3) is 11.6 Å². The largest absolute Gasteiger partial charge is 0.493 e. The van der Waals surface area contributed by atoms with Gasteiger partial charge in [-0.1, -0.05) is 18.2 Å². The molecule has 1 aliphatic heterocycles. The lowest BCUT2D eigenvalue weighted by Crippen LogP contribution is -2.35. The zero-order valence-corrected chi connectivity index (χ0v) is 17.1. The second kappa shape index (κ2) is 9.79. The summed E-state index contributed by atoms with van der Waals surface area (Å²) in [4.78, 5) is 35.5. The number of hydrogen-bond donors (Lipinski definition) is 1. The van der Waals surface area contributed by atoms with Crippen molar-refractivity contribution in [2.24, 2.45) is 0 Å². The fraction of sp³-hybridized carbons (Fsp3) is 0.333. The van der Waals surface area contributed by atoms with Crippen LogP contribution in [0.25, 0.3) is 0 Å². The van der Waals surface area contributed by atoms with E-state index in [4.69, 9.17) is 18.9 Å². The number of carbonyl (C=O) groups excluding carboxylic acids is 2. The van der Waals surface area contributed by atoms with Gasteiger partial charge in [0.2, 0.25) is 0 Å². The Kier molecular flexibility index (Phi) is 6.91. The van der Waals surface area contributed by atoms with Crippen molar-refractivity contribution in [2.75, 3.05) is 26.9 Å². The summed E-state index contributed by atoms with van der Waals surface area (Å²) in [6, 6.07) is 9.31. The van der Waals surface area contributed by atoms with Crippen molar-refractivity contribution >= 4 is 17.6 Å². The number of amides is 1. The lowest BCUT2D eigenvalue weighted by Gasteiger charge is -2.26. The Bertz CT molecular complexity index is 991. The number of nitrogens with one attached hydrogen (secondary N) is 1. The number of rotatable bonds is 8. The predicted molar refractivity (Wildman–Crippen MR) is 109 cm³/mol. The fourth-order valence-electron chi connectivity index (χ4n) is 3.23. The SMILES string of the molecule is CCOc1cc([N+](=O)[O-])c(C(=O)OCC(=O)NC2CCOc3ccccc32)cc1OC. The quantitative estimate of drug-likeness (QED) is 0.385. The van der Waals surface area contributed by atoms with Gasteiger partial charge in [-0.25, -0.2) is 4.79 Å². The third kappa shape index (κ3) is 5.03. The summed E-state index contributed by atoms with van der Waals surface area (Å²) < 4.78 is 21.0. The molecule has 1 amide bonds. The molecule has 1 N–H and O–H groups in total. The Morgan fingerprint density at radius 1 is 1.26 bits per heavy atom. The second-order valence-corrected chi connectivity index (χ2v) is 6.58. The minimum absolute atomic E-state index is 0.129. The third-order valence-electron chi connectivity index (χ3n) is 4.63. The molecule has 0 aromatic heterocycles. The summed E-state index contributed by atoms with van der Waals surface area (Å²) in [5, 5.41) is 14.2. The third-order valence-corrected chi connectivity index (χ3v) is 4.63. The van der Waals surface area contributed by atoms with E-state index < -0.39 is 29.1 Å². The smallest absolute Gasteiger partial charge is 0.345 e. The Labute approximate surface area is 178 Å². The maximum atomic E-state index is 12.5. The van der Waals surface area contributed by atoms with Crippen molar-refractivity contribution in [3.05, 3.63) is 57.6 Å². The monoisotopic (exact) mass is 430 g/mol. The van der Waals surface area contributed by atoms with Gasteiger partial charge in [0, 0.05) is 18.1 Å². The first kappa shape index (κ1) is 21.9. The molecule has 2 aromatic rings. The fourth-order valence-corrected chi connectivity index (χ4v) is 3.23. The van der Waals surface area contributed by atoms with E-state index in [9.17, 15) is 19.7 Å². The van der Waals surface area contributed by atoms with Crippen LogP contribution in [-0.4, -0.2) is 43.7 Å². The highest BCUT2D eigenvalue weighted by atomic mass is 16.6. The summed E-state index contributed by atoms with van der Waals surface area (Å²) >= 11 is 0. The molecule has 164 valence electrons. The van der Waals surface area contributed by atoms with E-state index in [0.717, 1.165) is 17.7 Å². The molecule has 1 heterocycles. The van der Waals surface area contributed by atoms with Crippen LogP contribution in [0.1, 0.15) is 35.3 Å². The summed E-state index contributed by atoms with van der Waals surface area (Å²) in [7, 11) is 1.35. The van der Waals surface area contributed by atoms with Gasteiger partial charge in [0.05, 0.1) is 37.4 Å². The first-order valence-corrected chi connectivity index (χ1v) is 9.62. The molecular formula is C21H22N2O8. The molecule has 3 rings (SSSR count). The van der Waals surface area contributed by atoms with Gasteiger partial charge in [-0.2, -0.15) is 0 Å². The Hall–Kier alpha value is -3.82. The molecule has 0 saturated heterocycles. The van der Waals surface area contributed by atoms with E-state index in [1.165, 1.54) is 7.11 Å². The van der Waals surface area contributed by atoms with Gasteiger partial charge in [0.15, 0.2) is 18.1 Å². The molecule has 0 spiro atoms. The van der Waals surface area contributed by atoms with Crippen LogP contribution in [0.15, 0.2) is 36.4 Å². The van der Waals surface area contributed by atoms with Gasteiger partial charge >= 0.3 is 5.97 Å². The van der Waals surface area contributed by atoms with Crippen LogP contribution in [0.5, 0.6) is 17.2 Å². The molecule has 0 bridgehead atoms. The summed E-state index contributed by atoms with van der Waals surface area (Å²) in [5.41, 5.74) is -0.0113. The lowest BCUT2D eigenvalue weighted by atomic mass is 10.0. The highest BCUT2D eigenvalue weighted by Gasteiger charge is 2.27. The van der Waals surface area contributed by atoms with Crippen molar-refractivity contribution in [1.29, 1.82) is 0 Å². The van der Waals surface area contributed by atoms with E-state index in [2.05, 4.69) is 5.32 Å². The Morgan fingerprint density at radius 2 is 2.03 bits per heavy atom. The molecule has 31 heavy (non-hydrogen) atoms. The maximum Gasteiger partial charge on any atom is 0.345 e. The van der Waals surface area contributed by atoms with Gasteiger partial charge in [0.1, 0.15) is 11.3 Å². The van der Waals surface area contributed by atoms with Gasteiger partial charge in [-0.3, -0.25) is 14.9 Å². The standard InChI is InChI=1S/C21H22N2O8/c1-3-29-19-11-16(23(26)27)14(10-18(19)28-2)21(25)31-12-20(24)22-15-8-9-30-17-7-5-4-6-13(15)17/h4-7,10-11,15H,3,8-9,12H2,1-2H3,(H,22,24). The van der Waals surface area contributed by atoms with Crippen LogP contribution in [0.4, 0.5) is 5.69 Å². The highest BCUT2D eigenvalue weighted by Crippen LogP contribution is 2.35. The van der Waals surface area contributed by atoms with Crippen LogP contribution < -0.4 is 19.5 Å². The van der Waals surface area contributed by atoms with E-state index in [1.807, 2.05) is 24.3 Å². The molecule has 2 aromatic carbocycles. The predicted octanol–water partition coefficient (Wildman–Crippen LogP) is 2.80. The van der Waals surface area contributed by atoms with E-state index in [1.54, 1.807) is 6.92 Å².